The van der Waals surface area contributed by atoms with E-state index in [-0.39, 0.29) is 13.0 Å². The molecule has 0 spiro atoms. The number of carbonyl (C=O) groups excluding carboxylic acids is 2. The molecule has 0 aliphatic heterocycles. The summed E-state index contributed by atoms with van der Waals surface area (Å²) in [6.45, 7) is 1.91. The molecule has 7 heteroatoms. The van der Waals surface area contributed by atoms with Gasteiger partial charge in [-0.2, -0.15) is 0 Å². The van der Waals surface area contributed by atoms with Gasteiger partial charge in [0.25, 0.3) is 5.91 Å². The van der Waals surface area contributed by atoms with Crippen molar-refractivity contribution in [3.63, 3.8) is 0 Å². The number of hydrogen-bond acceptors (Lipinski definition) is 4. The molecular formula is C19H19Cl2NO4. The van der Waals surface area contributed by atoms with E-state index >= 15 is 0 Å². The Bertz CT molecular complexity index is 780. The quantitative estimate of drug-likeness (QED) is 0.522. The molecule has 0 aromatic heterocycles. The summed E-state index contributed by atoms with van der Waals surface area (Å²) < 4.78 is 10.5. The van der Waals surface area contributed by atoms with E-state index in [1.807, 2.05) is 13.0 Å². The van der Waals surface area contributed by atoms with Crippen LogP contribution in [0.15, 0.2) is 42.5 Å². The second-order valence-corrected chi connectivity index (χ2v) is 6.43. The van der Waals surface area contributed by atoms with Crippen LogP contribution in [0.25, 0.3) is 0 Å². The van der Waals surface area contributed by atoms with Crippen molar-refractivity contribution in [2.75, 3.05) is 18.5 Å². The van der Waals surface area contributed by atoms with Crippen LogP contribution in [-0.2, 0) is 14.3 Å². The predicted octanol–water partition coefficient (Wildman–Crippen LogP) is 4.64. The predicted molar refractivity (Wildman–Crippen MR) is 102 cm³/mol. The van der Waals surface area contributed by atoms with Gasteiger partial charge in [0, 0.05) is 22.2 Å². The van der Waals surface area contributed by atoms with Crippen LogP contribution in [0.5, 0.6) is 5.75 Å². The van der Waals surface area contributed by atoms with Crippen molar-refractivity contribution in [2.45, 2.75) is 19.8 Å². The van der Waals surface area contributed by atoms with Crippen molar-refractivity contribution < 1.29 is 19.1 Å². The fraction of sp³-hybridized carbons (Fsp3) is 0.263. The van der Waals surface area contributed by atoms with E-state index in [9.17, 15) is 9.59 Å². The molecule has 0 fully saturated rings. The maximum absolute atomic E-state index is 11.7. The molecule has 0 radical (unpaired) electrons. The van der Waals surface area contributed by atoms with Crippen LogP contribution in [0.4, 0.5) is 5.69 Å². The second kappa shape index (κ2) is 10.0. The van der Waals surface area contributed by atoms with Crippen LogP contribution in [0, 0.1) is 6.92 Å². The van der Waals surface area contributed by atoms with E-state index in [0.717, 1.165) is 5.56 Å². The highest BCUT2D eigenvalue weighted by molar-refractivity contribution is 6.31. The first-order valence-corrected chi connectivity index (χ1v) is 8.79. The molecule has 26 heavy (non-hydrogen) atoms. The molecule has 0 aliphatic carbocycles. The molecule has 0 unspecified atom stereocenters. The number of aryl methyl sites for hydroxylation is 1. The van der Waals surface area contributed by atoms with Crippen LogP contribution in [0.2, 0.25) is 10.0 Å². The molecule has 1 N–H and O–H groups in total. The summed E-state index contributed by atoms with van der Waals surface area (Å²) in [6, 6.07) is 12.1. The average Bonchev–Trinajstić information content (AvgIpc) is 2.60. The third kappa shape index (κ3) is 6.94. The number of benzene rings is 2. The van der Waals surface area contributed by atoms with E-state index in [4.69, 9.17) is 32.7 Å². The maximum Gasteiger partial charge on any atom is 0.306 e. The highest BCUT2D eigenvalue weighted by Crippen LogP contribution is 2.21. The Morgan fingerprint density at radius 2 is 1.92 bits per heavy atom. The molecule has 0 bridgehead atoms. The van der Waals surface area contributed by atoms with E-state index in [0.29, 0.717) is 34.5 Å². The van der Waals surface area contributed by atoms with Crippen LogP contribution in [0.1, 0.15) is 18.4 Å². The van der Waals surface area contributed by atoms with Gasteiger partial charge in [-0.15, -0.1) is 0 Å². The summed E-state index contributed by atoms with van der Waals surface area (Å²) in [6.07, 6.45) is 0.646. The van der Waals surface area contributed by atoms with Gasteiger partial charge in [-0.3, -0.25) is 9.59 Å². The Morgan fingerprint density at radius 1 is 1.12 bits per heavy atom. The van der Waals surface area contributed by atoms with Gasteiger partial charge in [0.1, 0.15) is 5.75 Å². The molecule has 0 saturated carbocycles. The fourth-order valence-corrected chi connectivity index (χ4v) is 2.40. The van der Waals surface area contributed by atoms with Gasteiger partial charge >= 0.3 is 5.97 Å². The number of esters is 1. The van der Waals surface area contributed by atoms with E-state index in [2.05, 4.69) is 5.32 Å². The summed E-state index contributed by atoms with van der Waals surface area (Å²) in [5, 5.41) is 3.79. The van der Waals surface area contributed by atoms with Crippen molar-refractivity contribution in [2.24, 2.45) is 0 Å². The number of rotatable bonds is 8. The summed E-state index contributed by atoms with van der Waals surface area (Å²) in [5.74, 6) is -0.184. The van der Waals surface area contributed by atoms with Gasteiger partial charge in [-0.05, 0) is 55.3 Å². The van der Waals surface area contributed by atoms with Crippen LogP contribution >= 0.6 is 23.2 Å². The number of nitrogens with one attached hydrogen (secondary N) is 1. The molecule has 2 aromatic carbocycles. The van der Waals surface area contributed by atoms with E-state index in [1.165, 1.54) is 0 Å². The zero-order chi connectivity index (χ0) is 18.9. The normalized spacial score (nSPS) is 10.3. The van der Waals surface area contributed by atoms with Gasteiger partial charge in [-0.1, -0.05) is 29.3 Å². The first-order valence-electron chi connectivity index (χ1n) is 8.04. The summed E-state index contributed by atoms with van der Waals surface area (Å²) in [5.41, 5.74) is 1.47. The molecule has 2 aromatic rings. The van der Waals surface area contributed by atoms with E-state index < -0.39 is 11.9 Å². The summed E-state index contributed by atoms with van der Waals surface area (Å²) >= 11 is 11.8. The summed E-state index contributed by atoms with van der Waals surface area (Å²) in [7, 11) is 0. The van der Waals surface area contributed by atoms with Crippen molar-refractivity contribution in [3.8, 4) is 5.75 Å². The number of carbonyl (C=O) groups is 2. The lowest BCUT2D eigenvalue weighted by Gasteiger charge is -2.08. The monoisotopic (exact) mass is 395 g/mol. The fourth-order valence-electron chi connectivity index (χ4n) is 2.10. The minimum Gasteiger partial charge on any atom is -0.494 e. The standard InChI is InChI=1S/C19H19Cl2NO4/c1-13-10-16(7-8-17(13)21)25-9-3-6-19(24)26-12-18(23)22-15-5-2-4-14(20)11-15/h2,4-5,7-8,10-11H,3,6,9,12H2,1H3,(H,22,23). The van der Waals surface area contributed by atoms with Gasteiger partial charge < -0.3 is 14.8 Å². The average molecular weight is 396 g/mol. The Balaban J connectivity index is 1.62. The topological polar surface area (TPSA) is 64.6 Å². The third-order valence-electron chi connectivity index (χ3n) is 3.40. The molecule has 0 heterocycles. The highest BCUT2D eigenvalue weighted by atomic mass is 35.5. The zero-order valence-electron chi connectivity index (χ0n) is 14.3. The van der Waals surface area contributed by atoms with Gasteiger partial charge in [0.15, 0.2) is 6.61 Å². The van der Waals surface area contributed by atoms with Crippen molar-refractivity contribution in [3.05, 3.63) is 58.1 Å². The second-order valence-electron chi connectivity index (χ2n) is 5.58. The van der Waals surface area contributed by atoms with Crippen molar-refractivity contribution in [1.29, 1.82) is 0 Å². The highest BCUT2D eigenvalue weighted by Gasteiger charge is 2.08. The van der Waals surface area contributed by atoms with Crippen LogP contribution in [-0.4, -0.2) is 25.1 Å². The van der Waals surface area contributed by atoms with Gasteiger partial charge in [0.05, 0.1) is 6.61 Å². The molecule has 5 nitrogen and oxygen atoms in total. The first-order chi connectivity index (χ1) is 12.4. The number of amides is 1. The SMILES string of the molecule is Cc1cc(OCCCC(=O)OCC(=O)Nc2cccc(Cl)c2)ccc1Cl. The number of anilines is 1. The Hall–Kier alpha value is -2.24. The smallest absolute Gasteiger partial charge is 0.306 e. The summed E-state index contributed by atoms with van der Waals surface area (Å²) in [4.78, 5) is 23.4. The first kappa shape index (κ1) is 20.1. The molecule has 138 valence electrons. The van der Waals surface area contributed by atoms with Crippen LogP contribution in [0.3, 0.4) is 0 Å². The maximum atomic E-state index is 11.7. The van der Waals surface area contributed by atoms with Gasteiger partial charge in [0.2, 0.25) is 0 Å². The lowest BCUT2D eigenvalue weighted by Crippen LogP contribution is -2.21. The number of ether oxygens (including phenoxy) is 2. The van der Waals surface area contributed by atoms with Crippen LogP contribution < -0.4 is 10.1 Å². The molecular weight excluding hydrogens is 377 g/mol. The molecule has 0 atom stereocenters. The number of hydrogen-bond donors (Lipinski definition) is 1. The molecule has 1 amide bonds. The lowest BCUT2D eigenvalue weighted by molar-refractivity contribution is -0.147. The minimum absolute atomic E-state index is 0.164. The van der Waals surface area contributed by atoms with Gasteiger partial charge in [-0.25, -0.2) is 0 Å². The number of halogens is 2. The largest absolute Gasteiger partial charge is 0.494 e. The zero-order valence-corrected chi connectivity index (χ0v) is 15.8. The lowest BCUT2D eigenvalue weighted by atomic mass is 10.2. The van der Waals surface area contributed by atoms with E-state index in [1.54, 1.807) is 36.4 Å². The molecule has 2 rings (SSSR count). The Labute approximate surface area is 162 Å². The Kier molecular flexibility index (Phi) is 7.75. The Morgan fingerprint density at radius 3 is 2.65 bits per heavy atom. The molecule has 0 saturated heterocycles. The van der Waals surface area contributed by atoms with Crippen molar-refractivity contribution >= 4 is 40.8 Å². The van der Waals surface area contributed by atoms with Crippen molar-refractivity contribution in [1.82, 2.24) is 0 Å². The molecule has 0 aliphatic rings. The minimum atomic E-state index is -0.456. The third-order valence-corrected chi connectivity index (χ3v) is 4.06.